The lowest BCUT2D eigenvalue weighted by Gasteiger charge is -2.20. The lowest BCUT2D eigenvalue weighted by molar-refractivity contribution is -0.123. The van der Waals surface area contributed by atoms with Gasteiger partial charge < -0.3 is 15.5 Å². The Morgan fingerprint density at radius 1 is 0.393 bits per heavy atom. The summed E-state index contributed by atoms with van der Waals surface area (Å²) in [6, 6.07) is -0.619. The van der Waals surface area contributed by atoms with Gasteiger partial charge in [-0.1, -0.05) is 281 Å². The first-order valence-corrected chi connectivity index (χ1v) is 27.7. The second-order valence-electron chi connectivity index (χ2n) is 19.0. The van der Waals surface area contributed by atoms with Crippen LogP contribution in [0.2, 0.25) is 0 Å². The predicted octanol–water partition coefficient (Wildman–Crippen LogP) is 18.1. The average molecular weight is 857 g/mol. The molecule has 0 aliphatic rings. The molecule has 4 heteroatoms. The number of hydrogen-bond acceptors (Lipinski definition) is 3. The van der Waals surface area contributed by atoms with Crippen LogP contribution in [-0.2, 0) is 4.79 Å². The van der Waals surface area contributed by atoms with Crippen molar-refractivity contribution in [3.63, 3.8) is 0 Å². The highest BCUT2D eigenvalue weighted by molar-refractivity contribution is 5.76. The van der Waals surface area contributed by atoms with E-state index in [1.165, 1.54) is 250 Å². The molecule has 61 heavy (non-hydrogen) atoms. The molecule has 0 aliphatic carbocycles. The van der Waals surface area contributed by atoms with Gasteiger partial charge in [-0.05, 0) is 51.4 Å². The van der Waals surface area contributed by atoms with Crippen molar-refractivity contribution in [2.24, 2.45) is 0 Å². The molecule has 0 radical (unpaired) electrons. The van der Waals surface area contributed by atoms with Crippen LogP contribution in [0.4, 0.5) is 0 Å². The van der Waals surface area contributed by atoms with Crippen molar-refractivity contribution in [3.8, 4) is 0 Å². The van der Waals surface area contributed by atoms with Gasteiger partial charge >= 0.3 is 0 Å². The number of aliphatic hydroxyl groups excluding tert-OH is 2. The van der Waals surface area contributed by atoms with Gasteiger partial charge in [0, 0.05) is 6.42 Å². The van der Waals surface area contributed by atoms with Gasteiger partial charge in [0.2, 0.25) is 5.91 Å². The molecular weight excluding hydrogens is 747 g/mol. The Bertz CT molecular complexity index is 928. The number of unbranched alkanes of at least 4 members (excludes halogenated alkanes) is 40. The summed E-state index contributed by atoms with van der Waals surface area (Å²) in [5.41, 5.74) is 0. The van der Waals surface area contributed by atoms with Gasteiger partial charge in [-0.15, -0.1) is 0 Å². The molecule has 0 bridgehead atoms. The molecule has 2 unspecified atom stereocenters. The lowest BCUT2D eigenvalue weighted by atomic mass is 10.0. The summed E-state index contributed by atoms with van der Waals surface area (Å²) in [4.78, 5) is 12.4. The van der Waals surface area contributed by atoms with E-state index in [1.807, 2.05) is 6.08 Å². The van der Waals surface area contributed by atoms with Crippen molar-refractivity contribution in [3.05, 3.63) is 36.5 Å². The minimum Gasteiger partial charge on any atom is -0.394 e. The van der Waals surface area contributed by atoms with E-state index in [0.717, 1.165) is 32.1 Å². The zero-order valence-corrected chi connectivity index (χ0v) is 41.4. The minimum atomic E-state index is -0.836. The molecule has 0 heterocycles. The van der Waals surface area contributed by atoms with Gasteiger partial charge in [0.05, 0.1) is 18.8 Å². The van der Waals surface area contributed by atoms with Crippen LogP contribution in [0.1, 0.15) is 303 Å². The summed E-state index contributed by atoms with van der Waals surface area (Å²) in [7, 11) is 0. The van der Waals surface area contributed by atoms with Crippen molar-refractivity contribution in [2.75, 3.05) is 6.61 Å². The third-order valence-electron chi connectivity index (χ3n) is 12.9. The van der Waals surface area contributed by atoms with Crippen LogP contribution >= 0.6 is 0 Å². The first-order valence-electron chi connectivity index (χ1n) is 27.7. The Hall–Kier alpha value is -1.39. The molecule has 0 aromatic heterocycles. The van der Waals surface area contributed by atoms with Gasteiger partial charge in [-0.25, -0.2) is 0 Å². The molecule has 2 atom stereocenters. The molecule has 0 aliphatic heterocycles. The second kappa shape index (κ2) is 53.0. The molecule has 0 rings (SSSR count). The van der Waals surface area contributed by atoms with Crippen LogP contribution in [0.5, 0.6) is 0 Å². The quantitative estimate of drug-likeness (QED) is 0.0422. The molecule has 0 aromatic rings. The Morgan fingerprint density at radius 3 is 0.984 bits per heavy atom. The molecule has 0 saturated carbocycles. The summed E-state index contributed by atoms with van der Waals surface area (Å²) < 4.78 is 0. The fraction of sp³-hybridized carbons (Fsp3) is 0.877. The van der Waals surface area contributed by atoms with Crippen LogP contribution in [0.3, 0.4) is 0 Å². The fourth-order valence-corrected chi connectivity index (χ4v) is 8.62. The molecule has 0 spiro atoms. The minimum absolute atomic E-state index is 0.0593. The molecular formula is C57H109NO3. The van der Waals surface area contributed by atoms with Crippen molar-refractivity contribution >= 4 is 5.91 Å². The number of nitrogens with one attached hydrogen (secondary N) is 1. The number of carbonyl (C=O) groups excluding carboxylic acids is 1. The first-order chi connectivity index (χ1) is 30.2. The van der Waals surface area contributed by atoms with E-state index in [4.69, 9.17) is 0 Å². The summed E-state index contributed by atoms with van der Waals surface area (Å²) in [5.74, 6) is -0.0593. The fourth-order valence-electron chi connectivity index (χ4n) is 8.62. The van der Waals surface area contributed by atoms with E-state index >= 15 is 0 Å². The molecule has 3 N–H and O–H groups in total. The average Bonchev–Trinajstić information content (AvgIpc) is 3.26. The summed E-state index contributed by atoms with van der Waals surface area (Å²) in [6.45, 7) is 4.32. The van der Waals surface area contributed by atoms with Gasteiger partial charge in [0.1, 0.15) is 0 Å². The normalized spacial score (nSPS) is 13.0. The molecule has 4 nitrogen and oxygen atoms in total. The first kappa shape index (κ1) is 59.6. The van der Waals surface area contributed by atoms with Crippen LogP contribution in [-0.4, -0.2) is 34.9 Å². The highest BCUT2D eigenvalue weighted by Gasteiger charge is 2.18. The number of rotatable bonds is 51. The molecule has 0 fully saturated rings. The monoisotopic (exact) mass is 856 g/mol. The predicted molar refractivity (Wildman–Crippen MR) is 272 cm³/mol. The van der Waals surface area contributed by atoms with E-state index in [1.54, 1.807) is 6.08 Å². The van der Waals surface area contributed by atoms with Crippen LogP contribution < -0.4 is 5.32 Å². The van der Waals surface area contributed by atoms with E-state index in [-0.39, 0.29) is 12.5 Å². The highest BCUT2D eigenvalue weighted by Crippen LogP contribution is 2.17. The van der Waals surface area contributed by atoms with E-state index in [0.29, 0.717) is 6.42 Å². The zero-order chi connectivity index (χ0) is 44.2. The summed E-state index contributed by atoms with van der Waals surface area (Å²) in [5, 5.41) is 23.1. The maximum atomic E-state index is 12.4. The third-order valence-corrected chi connectivity index (χ3v) is 12.9. The van der Waals surface area contributed by atoms with Crippen LogP contribution in [0.15, 0.2) is 36.5 Å². The maximum Gasteiger partial charge on any atom is 0.220 e. The summed E-state index contributed by atoms with van der Waals surface area (Å²) >= 11 is 0. The van der Waals surface area contributed by atoms with Gasteiger partial charge in [-0.2, -0.15) is 0 Å². The Kier molecular flexibility index (Phi) is 51.7. The van der Waals surface area contributed by atoms with Crippen molar-refractivity contribution in [1.82, 2.24) is 5.32 Å². The van der Waals surface area contributed by atoms with Crippen molar-refractivity contribution in [2.45, 2.75) is 315 Å². The van der Waals surface area contributed by atoms with Crippen molar-refractivity contribution in [1.29, 1.82) is 0 Å². The lowest BCUT2D eigenvalue weighted by Crippen LogP contribution is -2.45. The van der Waals surface area contributed by atoms with Gasteiger partial charge in [0.15, 0.2) is 0 Å². The smallest absolute Gasteiger partial charge is 0.220 e. The van der Waals surface area contributed by atoms with E-state index in [9.17, 15) is 15.0 Å². The van der Waals surface area contributed by atoms with Crippen LogP contribution in [0, 0.1) is 0 Å². The van der Waals surface area contributed by atoms with E-state index in [2.05, 4.69) is 43.5 Å². The Balaban J connectivity index is 3.41. The van der Waals surface area contributed by atoms with E-state index < -0.39 is 12.1 Å². The Labute approximate surface area is 382 Å². The molecule has 0 aromatic carbocycles. The molecule has 360 valence electrons. The number of carbonyl (C=O) groups is 1. The maximum absolute atomic E-state index is 12.4. The third kappa shape index (κ3) is 49.5. The largest absolute Gasteiger partial charge is 0.394 e. The number of hydrogen-bond donors (Lipinski definition) is 3. The standard InChI is InChI=1S/C57H109NO3/c1-3-5-7-9-11-13-15-17-19-20-21-22-23-24-25-26-27-28-29-30-31-32-33-34-35-36-37-38-39-41-43-45-47-49-51-53-57(61)58-55(54-59)56(60)52-50-48-46-44-42-40-18-16-14-12-10-8-6-4-2/h15,17,20-21,50,52,55-56,59-60H,3-14,16,18-19,22-49,51,53-54H2,1-2H3,(H,58,61)/b17-15-,21-20-,52-50+. The second-order valence-corrected chi connectivity index (χ2v) is 19.0. The number of allylic oxidation sites excluding steroid dienone is 5. The topological polar surface area (TPSA) is 69.6 Å². The molecule has 1 amide bonds. The van der Waals surface area contributed by atoms with Crippen molar-refractivity contribution < 1.29 is 15.0 Å². The SMILES string of the molecule is CCCCCCC/C=C\C/C=C\CCCCCCCCCCCCCCCCCCCCCCCCCC(=O)NC(CO)C(O)/C=C/CCCCCCCCCCCCCC. The zero-order valence-electron chi connectivity index (χ0n) is 41.4. The number of aliphatic hydroxyl groups is 2. The Morgan fingerprint density at radius 2 is 0.672 bits per heavy atom. The van der Waals surface area contributed by atoms with Gasteiger partial charge in [0.25, 0.3) is 0 Å². The highest BCUT2D eigenvalue weighted by atomic mass is 16.3. The number of amides is 1. The molecule has 0 saturated heterocycles. The van der Waals surface area contributed by atoms with Gasteiger partial charge in [-0.3, -0.25) is 4.79 Å². The summed E-state index contributed by atoms with van der Waals surface area (Å²) in [6.07, 6.45) is 71.7. The van der Waals surface area contributed by atoms with Crippen LogP contribution in [0.25, 0.3) is 0 Å².